The SMILES string of the molecule is CN(CCC1CCN(C(=O)Oc2ccc(N3C(=O)CC(C)(C)CC3=O)cn2)CC1)Cc1ccccc1. The molecule has 0 unspecified atom stereocenters. The van der Waals surface area contributed by atoms with E-state index in [1.807, 2.05) is 19.9 Å². The van der Waals surface area contributed by atoms with Crippen LogP contribution in [0.3, 0.4) is 0 Å². The molecule has 0 atom stereocenters. The van der Waals surface area contributed by atoms with Gasteiger partial charge in [0, 0.05) is 38.5 Å². The molecule has 36 heavy (non-hydrogen) atoms. The lowest BCUT2D eigenvalue weighted by Crippen LogP contribution is -2.46. The zero-order valence-corrected chi connectivity index (χ0v) is 21.5. The molecule has 2 aliphatic heterocycles. The van der Waals surface area contributed by atoms with Crippen LogP contribution in [0.5, 0.6) is 5.88 Å². The van der Waals surface area contributed by atoms with Crippen LogP contribution in [-0.4, -0.2) is 59.4 Å². The number of nitrogens with zero attached hydrogens (tertiary/aromatic N) is 4. The lowest BCUT2D eigenvalue weighted by Gasteiger charge is -2.34. The number of amides is 3. The predicted octanol–water partition coefficient (Wildman–Crippen LogP) is 4.49. The first-order valence-electron chi connectivity index (χ1n) is 12.7. The molecular formula is C28H36N4O4. The van der Waals surface area contributed by atoms with Crippen LogP contribution in [0.15, 0.2) is 48.7 Å². The molecule has 8 nitrogen and oxygen atoms in total. The Hall–Kier alpha value is -3.26. The number of hydrogen-bond acceptors (Lipinski definition) is 6. The Morgan fingerprint density at radius 2 is 1.72 bits per heavy atom. The van der Waals surface area contributed by atoms with Crippen molar-refractivity contribution < 1.29 is 19.1 Å². The van der Waals surface area contributed by atoms with Crippen molar-refractivity contribution >= 4 is 23.6 Å². The van der Waals surface area contributed by atoms with Gasteiger partial charge in [0.25, 0.3) is 0 Å². The number of carbonyl (C=O) groups excluding carboxylic acids is 3. The van der Waals surface area contributed by atoms with Gasteiger partial charge in [0.15, 0.2) is 0 Å². The maximum absolute atomic E-state index is 12.6. The molecule has 4 rings (SSSR count). The number of carbonyl (C=O) groups is 3. The van der Waals surface area contributed by atoms with Crippen LogP contribution in [0.25, 0.3) is 0 Å². The summed E-state index contributed by atoms with van der Waals surface area (Å²) in [7, 11) is 2.15. The number of benzene rings is 1. The Labute approximate surface area is 213 Å². The summed E-state index contributed by atoms with van der Waals surface area (Å²) >= 11 is 0. The largest absolute Gasteiger partial charge is 0.416 e. The molecule has 3 heterocycles. The molecule has 0 bridgehead atoms. The van der Waals surface area contributed by atoms with Gasteiger partial charge in [0.05, 0.1) is 11.9 Å². The van der Waals surface area contributed by atoms with E-state index in [0.717, 1.165) is 32.4 Å². The van der Waals surface area contributed by atoms with Crippen molar-refractivity contribution in [1.29, 1.82) is 0 Å². The van der Waals surface area contributed by atoms with Crippen molar-refractivity contribution in [2.45, 2.75) is 52.5 Å². The first-order valence-corrected chi connectivity index (χ1v) is 12.7. The van der Waals surface area contributed by atoms with Crippen LogP contribution < -0.4 is 9.64 Å². The highest BCUT2D eigenvalue weighted by atomic mass is 16.6. The zero-order chi connectivity index (χ0) is 25.7. The Morgan fingerprint density at radius 1 is 1.06 bits per heavy atom. The zero-order valence-electron chi connectivity index (χ0n) is 21.5. The van der Waals surface area contributed by atoms with Gasteiger partial charge in [-0.1, -0.05) is 44.2 Å². The second-order valence-electron chi connectivity index (χ2n) is 10.8. The Kier molecular flexibility index (Phi) is 8.04. The second-order valence-corrected chi connectivity index (χ2v) is 10.8. The van der Waals surface area contributed by atoms with Crippen LogP contribution in [0, 0.1) is 11.3 Å². The highest BCUT2D eigenvalue weighted by molar-refractivity contribution is 6.16. The number of pyridine rings is 1. The van der Waals surface area contributed by atoms with Crippen LogP contribution in [0.2, 0.25) is 0 Å². The van der Waals surface area contributed by atoms with Crippen molar-refractivity contribution in [3.8, 4) is 5.88 Å². The number of imide groups is 1. The van der Waals surface area contributed by atoms with E-state index in [1.165, 1.54) is 22.7 Å². The molecule has 1 aromatic heterocycles. The number of anilines is 1. The first-order chi connectivity index (χ1) is 17.2. The fraction of sp³-hybridized carbons (Fsp3) is 0.500. The van der Waals surface area contributed by atoms with Gasteiger partial charge in [-0.2, -0.15) is 0 Å². The minimum absolute atomic E-state index is 0.158. The number of aromatic nitrogens is 1. The summed E-state index contributed by atoms with van der Waals surface area (Å²) < 4.78 is 5.46. The summed E-state index contributed by atoms with van der Waals surface area (Å²) in [6.07, 6.45) is 4.62. The average molecular weight is 493 g/mol. The molecule has 0 aliphatic carbocycles. The van der Waals surface area contributed by atoms with E-state index in [9.17, 15) is 14.4 Å². The van der Waals surface area contributed by atoms with E-state index < -0.39 is 6.09 Å². The quantitative estimate of drug-likeness (QED) is 0.530. The van der Waals surface area contributed by atoms with E-state index in [0.29, 0.717) is 37.5 Å². The Balaban J connectivity index is 1.21. The summed E-state index contributed by atoms with van der Waals surface area (Å²) in [5, 5.41) is 0. The Bertz CT molecular complexity index is 1040. The smallest absolute Gasteiger partial charge is 0.391 e. The van der Waals surface area contributed by atoms with Gasteiger partial charge in [-0.15, -0.1) is 0 Å². The van der Waals surface area contributed by atoms with Gasteiger partial charge in [-0.25, -0.2) is 14.7 Å². The molecule has 0 radical (unpaired) electrons. The molecule has 2 fully saturated rings. The highest BCUT2D eigenvalue weighted by Crippen LogP contribution is 2.34. The van der Waals surface area contributed by atoms with Gasteiger partial charge >= 0.3 is 6.09 Å². The van der Waals surface area contributed by atoms with Crippen LogP contribution in [0.4, 0.5) is 10.5 Å². The molecule has 2 aromatic rings. The molecule has 2 aliphatic rings. The normalized spacial score (nSPS) is 18.6. The fourth-order valence-electron chi connectivity index (χ4n) is 4.97. The first kappa shape index (κ1) is 25.8. The summed E-state index contributed by atoms with van der Waals surface area (Å²) in [4.78, 5) is 47.0. The molecule has 0 saturated carbocycles. The van der Waals surface area contributed by atoms with Crippen LogP contribution in [-0.2, 0) is 16.1 Å². The van der Waals surface area contributed by atoms with E-state index >= 15 is 0 Å². The summed E-state index contributed by atoms with van der Waals surface area (Å²) in [5.41, 5.74) is 1.38. The highest BCUT2D eigenvalue weighted by Gasteiger charge is 2.38. The molecule has 1 aromatic carbocycles. The van der Waals surface area contributed by atoms with Crippen molar-refractivity contribution in [2.24, 2.45) is 11.3 Å². The maximum atomic E-state index is 12.6. The fourth-order valence-corrected chi connectivity index (χ4v) is 4.97. The third-order valence-corrected chi connectivity index (χ3v) is 7.02. The van der Waals surface area contributed by atoms with Gasteiger partial charge in [0.2, 0.25) is 17.7 Å². The standard InChI is InChI=1S/C28H36N4O4/c1-28(2)17-25(33)32(26(34)18-28)23-9-10-24(29-19-23)36-27(35)31-15-12-21(13-16-31)11-14-30(3)20-22-7-5-4-6-8-22/h4-10,19,21H,11-18,20H2,1-3H3. The molecular weight excluding hydrogens is 456 g/mol. The molecule has 192 valence electrons. The van der Waals surface area contributed by atoms with Crippen LogP contribution >= 0.6 is 0 Å². The number of hydrogen-bond donors (Lipinski definition) is 0. The predicted molar refractivity (Wildman–Crippen MR) is 137 cm³/mol. The van der Waals surface area contributed by atoms with Crippen LogP contribution in [0.1, 0.15) is 51.5 Å². The maximum Gasteiger partial charge on any atom is 0.416 e. The second kappa shape index (κ2) is 11.2. The lowest BCUT2D eigenvalue weighted by atomic mass is 9.81. The third kappa shape index (κ3) is 6.69. The minimum atomic E-state index is -0.415. The number of ether oxygens (including phenoxy) is 1. The van der Waals surface area contributed by atoms with E-state index in [1.54, 1.807) is 11.0 Å². The average Bonchev–Trinajstić information content (AvgIpc) is 2.83. The van der Waals surface area contributed by atoms with Crippen molar-refractivity contribution in [3.05, 3.63) is 54.2 Å². The van der Waals surface area contributed by atoms with Crippen molar-refractivity contribution in [1.82, 2.24) is 14.8 Å². The lowest BCUT2D eigenvalue weighted by molar-refractivity contribution is -0.132. The van der Waals surface area contributed by atoms with E-state index in [4.69, 9.17) is 4.74 Å². The van der Waals surface area contributed by atoms with Crippen molar-refractivity contribution in [2.75, 3.05) is 31.6 Å². The monoisotopic (exact) mass is 492 g/mol. The van der Waals surface area contributed by atoms with Crippen molar-refractivity contribution in [3.63, 3.8) is 0 Å². The number of rotatable bonds is 7. The summed E-state index contributed by atoms with van der Waals surface area (Å²) in [6, 6.07) is 13.6. The molecule has 2 saturated heterocycles. The number of likely N-dealkylation sites (tertiary alicyclic amines) is 1. The molecule has 0 N–H and O–H groups in total. The van der Waals surface area contributed by atoms with Gasteiger partial charge < -0.3 is 14.5 Å². The molecule has 3 amide bonds. The van der Waals surface area contributed by atoms with Gasteiger partial charge in [-0.3, -0.25) is 9.59 Å². The molecule has 8 heteroatoms. The Morgan fingerprint density at radius 3 is 2.33 bits per heavy atom. The van der Waals surface area contributed by atoms with Gasteiger partial charge in [-0.05, 0) is 55.8 Å². The van der Waals surface area contributed by atoms with Gasteiger partial charge in [0.1, 0.15) is 0 Å². The third-order valence-electron chi connectivity index (χ3n) is 7.02. The number of piperidine rings is 2. The summed E-state index contributed by atoms with van der Waals surface area (Å²) in [5.74, 6) is 0.272. The van der Waals surface area contributed by atoms with E-state index in [-0.39, 0.29) is 23.1 Å². The van der Waals surface area contributed by atoms with E-state index in [2.05, 4.69) is 41.2 Å². The summed E-state index contributed by atoms with van der Waals surface area (Å²) in [6.45, 7) is 7.12. The topological polar surface area (TPSA) is 83.0 Å². The minimum Gasteiger partial charge on any atom is -0.391 e. The molecule has 0 spiro atoms.